The lowest BCUT2D eigenvalue weighted by molar-refractivity contribution is 0.323. The van der Waals surface area contributed by atoms with Gasteiger partial charge in [0, 0.05) is 10.7 Å². The number of hydrogen-bond donors (Lipinski definition) is 3. The summed E-state index contributed by atoms with van der Waals surface area (Å²) in [5.74, 6) is -1.52. The van der Waals surface area contributed by atoms with Crippen LogP contribution in [0.2, 0.25) is 5.02 Å². The number of rotatable bonds is 5. The minimum Gasteiger partial charge on any atom is -0.505 e. The number of nitriles is 1. The molecule has 8 nitrogen and oxygen atoms in total. The maximum absolute atomic E-state index is 12.9. The Balaban J connectivity index is 2.20. The second-order valence-corrected chi connectivity index (χ2v) is 12.0. The van der Waals surface area contributed by atoms with E-state index in [1.807, 2.05) is 0 Å². The van der Waals surface area contributed by atoms with Gasteiger partial charge >= 0.3 is 0 Å². The number of nitrogens with one attached hydrogen (secondary N) is 1. The first-order valence-electron chi connectivity index (χ1n) is 8.50. The lowest BCUT2D eigenvalue weighted by Gasteiger charge is -2.36. The van der Waals surface area contributed by atoms with Gasteiger partial charge in [-0.2, -0.15) is 5.26 Å². The van der Waals surface area contributed by atoms with Crippen LogP contribution in [0.3, 0.4) is 0 Å². The van der Waals surface area contributed by atoms with E-state index in [0.29, 0.717) is 12.8 Å². The molecule has 30 heavy (non-hydrogen) atoms. The lowest BCUT2D eigenvalue weighted by Crippen LogP contribution is -2.32. The molecule has 0 bridgehead atoms. The van der Waals surface area contributed by atoms with Crippen molar-refractivity contribution in [3.8, 4) is 17.6 Å². The van der Waals surface area contributed by atoms with Crippen molar-refractivity contribution >= 4 is 53.1 Å². The zero-order valence-corrected chi connectivity index (χ0v) is 19.5. The van der Waals surface area contributed by atoms with Crippen molar-refractivity contribution in [1.29, 1.82) is 5.26 Å². The average Bonchev–Trinajstić information content (AvgIpc) is 2.58. The van der Waals surface area contributed by atoms with Crippen LogP contribution in [0.15, 0.2) is 38.5 Å². The van der Waals surface area contributed by atoms with Crippen LogP contribution in [0.4, 0.5) is 5.69 Å². The van der Waals surface area contributed by atoms with E-state index in [2.05, 4.69) is 26.7 Å². The number of sulfone groups is 1. The summed E-state index contributed by atoms with van der Waals surface area (Å²) in [5, 5.41) is 29.9. The number of aromatic hydroxyl groups is 2. The molecular formula is C18H16BrClN2O6S2. The fourth-order valence-electron chi connectivity index (χ4n) is 3.19. The Morgan fingerprint density at radius 1 is 1.10 bits per heavy atom. The average molecular weight is 536 g/mol. The molecule has 1 aliphatic rings. The third kappa shape index (κ3) is 3.97. The monoisotopic (exact) mass is 534 g/mol. The van der Waals surface area contributed by atoms with Crippen molar-refractivity contribution in [2.45, 2.75) is 34.5 Å². The highest BCUT2D eigenvalue weighted by molar-refractivity contribution is 9.10. The lowest BCUT2D eigenvalue weighted by atomic mass is 9.65. The Kier molecular flexibility index (Phi) is 5.75. The van der Waals surface area contributed by atoms with Gasteiger partial charge in [-0.25, -0.2) is 16.8 Å². The fraction of sp³-hybridized carbons (Fsp3) is 0.278. The summed E-state index contributed by atoms with van der Waals surface area (Å²) < 4.78 is 52.5. The van der Waals surface area contributed by atoms with Crippen molar-refractivity contribution in [2.75, 3.05) is 11.0 Å². The molecule has 0 amide bonds. The molecule has 3 N–H and O–H groups in total. The van der Waals surface area contributed by atoms with E-state index < -0.39 is 52.3 Å². The Labute approximate surface area is 187 Å². The van der Waals surface area contributed by atoms with Gasteiger partial charge in [-0.1, -0.05) is 27.5 Å². The molecule has 0 atom stereocenters. The normalized spacial score (nSPS) is 15.8. The molecule has 2 aromatic rings. The van der Waals surface area contributed by atoms with Gasteiger partial charge in [0.15, 0.2) is 21.3 Å². The Morgan fingerprint density at radius 2 is 1.73 bits per heavy atom. The third-order valence-electron chi connectivity index (χ3n) is 4.98. The molecule has 0 aromatic heterocycles. The van der Waals surface area contributed by atoms with Crippen molar-refractivity contribution in [1.82, 2.24) is 0 Å². The summed E-state index contributed by atoms with van der Waals surface area (Å²) in [4.78, 5) is -1.08. The standard InChI is InChI=1S/C18H16BrClN2O6S2/c1-29(25,26)14-6-10(18(9-21)3-2-4-18)5-13(17(14)24)22-30(27,28)15-8-11(19)7-12(20)16(15)23/h5-8,22-24H,2-4H2,1H3. The van der Waals surface area contributed by atoms with Gasteiger partial charge in [0.05, 0.1) is 22.2 Å². The van der Waals surface area contributed by atoms with E-state index >= 15 is 0 Å². The number of hydrogen-bond acceptors (Lipinski definition) is 7. The highest BCUT2D eigenvalue weighted by Gasteiger charge is 2.40. The molecule has 1 aliphatic carbocycles. The number of halogens is 2. The van der Waals surface area contributed by atoms with Crippen LogP contribution in [-0.2, 0) is 25.3 Å². The zero-order valence-electron chi connectivity index (χ0n) is 15.5. The molecule has 0 saturated heterocycles. The number of phenols is 2. The molecule has 0 spiro atoms. The minimum absolute atomic E-state index is 0.225. The third-order valence-corrected chi connectivity index (χ3v) is 8.21. The van der Waals surface area contributed by atoms with Crippen molar-refractivity contribution in [2.24, 2.45) is 0 Å². The molecule has 1 saturated carbocycles. The van der Waals surface area contributed by atoms with Gasteiger partial charge < -0.3 is 10.2 Å². The molecule has 1 fully saturated rings. The first-order valence-corrected chi connectivity index (χ1v) is 13.0. The number of nitrogens with zero attached hydrogens (tertiary/aromatic N) is 1. The SMILES string of the molecule is CS(=O)(=O)c1cc(C2(C#N)CCC2)cc(NS(=O)(=O)c2cc(Br)cc(Cl)c2O)c1O. The number of anilines is 1. The van der Waals surface area contributed by atoms with Gasteiger partial charge in [0.25, 0.3) is 10.0 Å². The summed E-state index contributed by atoms with van der Waals surface area (Å²) in [6, 6.07) is 6.98. The van der Waals surface area contributed by atoms with Crippen LogP contribution in [0, 0.1) is 11.3 Å². The van der Waals surface area contributed by atoms with Gasteiger partial charge in [-0.05, 0) is 49.1 Å². The largest absolute Gasteiger partial charge is 0.505 e. The van der Waals surface area contributed by atoms with Crippen LogP contribution in [-0.4, -0.2) is 33.3 Å². The molecule has 3 rings (SSSR count). The molecular weight excluding hydrogens is 520 g/mol. The van der Waals surface area contributed by atoms with Crippen molar-refractivity contribution in [3.63, 3.8) is 0 Å². The highest BCUT2D eigenvalue weighted by atomic mass is 79.9. The quantitative estimate of drug-likeness (QED) is 0.495. The van der Waals surface area contributed by atoms with Gasteiger partial charge in [-0.3, -0.25) is 4.72 Å². The maximum atomic E-state index is 12.9. The number of benzene rings is 2. The molecule has 0 unspecified atom stereocenters. The predicted molar refractivity (Wildman–Crippen MR) is 114 cm³/mol. The van der Waals surface area contributed by atoms with E-state index in [1.165, 1.54) is 18.2 Å². The molecule has 160 valence electrons. The van der Waals surface area contributed by atoms with Crippen LogP contribution >= 0.6 is 27.5 Å². The first-order chi connectivity index (χ1) is 13.8. The Bertz CT molecular complexity index is 1300. The van der Waals surface area contributed by atoms with E-state index in [9.17, 15) is 32.3 Å². The summed E-state index contributed by atoms with van der Waals surface area (Å²) in [6.07, 6.45) is 2.58. The summed E-state index contributed by atoms with van der Waals surface area (Å²) >= 11 is 8.93. The molecule has 0 heterocycles. The highest BCUT2D eigenvalue weighted by Crippen LogP contribution is 2.47. The van der Waals surface area contributed by atoms with Gasteiger partial charge in [-0.15, -0.1) is 0 Å². The summed E-state index contributed by atoms with van der Waals surface area (Å²) in [7, 11) is -8.43. The predicted octanol–water partition coefficient (Wildman–Crippen LogP) is 3.66. The van der Waals surface area contributed by atoms with Crippen LogP contribution in [0.5, 0.6) is 11.5 Å². The van der Waals surface area contributed by atoms with Crippen LogP contribution in [0.25, 0.3) is 0 Å². The van der Waals surface area contributed by atoms with Crippen molar-refractivity contribution < 1.29 is 27.0 Å². The Hall–Kier alpha value is -2.00. The zero-order chi connectivity index (χ0) is 22.5. The summed E-state index contributed by atoms with van der Waals surface area (Å²) in [6.45, 7) is 0. The molecule has 2 aromatic carbocycles. The van der Waals surface area contributed by atoms with Gasteiger partial charge in [0.2, 0.25) is 0 Å². The topological polar surface area (TPSA) is 145 Å². The van der Waals surface area contributed by atoms with E-state index in [-0.39, 0.29) is 15.1 Å². The molecule has 0 radical (unpaired) electrons. The smallest absolute Gasteiger partial charge is 0.265 e. The molecule has 12 heteroatoms. The Morgan fingerprint density at radius 3 is 2.23 bits per heavy atom. The van der Waals surface area contributed by atoms with E-state index in [0.717, 1.165) is 18.7 Å². The number of sulfonamides is 1. The van der Waals surface area contributed by atoms with Crippen molar-refractivity contribution in [3.05, 3.63) is 39.3 Å². The van der Waals surface area contributed by atoms with E-state index in [1.54, 1.807) is 0 Å². The number of phenolic OH excluding ortho intramolecular Hbond substituents is 2. The molecule has 0 aliphatic heterocycles. The van der Waals surface area contributed by atoms with Crippen LogP contribution in [0.1, 0.15) is 24.8 Å². The maximum Gasteiger partial charge on any atom is 0.265 e. The minimum atomic E-state index is -4.48. The van der Waals surface area contributed by atoms with Crippen LogP contribution < -0.4 is 4.72 Å². The first kappa shape index (κ1) is 22.7. The second-order valence-electron chi connectivity index (χ2n) is 7.03. The fourth-order valence-corrected chi connectivity index (χ4v) is 6.21. The second kappa shape index (κ2) is 7.60. The van der Waals surface area contributed by atoms with Gasteiger partial charge in [0.1, 0.15) is 9.79 Å². The summed E-state index contributed by atoms with van der Waals surface area (Å²) in [5.41, 5.74) is -1.11. The van der Waals surface area contributed by atoms with E-state index in [4.69, 9.17) is 11.6 Å².